The maximum absolute atomic E-state index is 11.2. The molecule has 13 heavy (non-hydrogen) atoms. The van der Waals surface area contributed by atoms with E-state index in [4.69, 9.17) is 0 Å². The highest BCUT2D eigenvalue weighted by molar-refractivity contribution is 7.12. The molecule has 0 fully saturated rings. The molecule has 0 aliphatic heterocycles. The smallest absolute Gasteiger partial charge is 0.246 e. The van der Waals surface area contributed by atoms with Gasteiger partial charge >= 0.3 is 0 Å². The zero-order valence-corrected chi connectivity index (χ0v) is 8.89. The number of likely N-dealkylation sites (N-methyl/N-ethyl adjacent to an activating group) is 1. The lowest BCUT2D eigenvalue weighted by Crippen LogP contribution is -2.18. The molecule has 0 saturated carbocycles. The standard InChI is InChI=1S/C10H13NOS/c1-8-4-5-9(13-8)6-7-10(12)11(2)3/h4-7H,1-3H3. The van der Waals surface area contributed by atoms with Gasteiger partial charge in [0.1, 0.15) is 0 Å². The fourth-order valence-electron chi connectivity index (χ4n) is 0.845. The van der Waals surface area contributed by atoms with E-state index in [9.17, 15) is 4.79 Å². The molecule has 0 radical (unpaired) electrons. The van der Waals surface area contributed by atoms with Gasteiger partial charge in [-0.2, -0.15) is 0 Å². The first-order valence-electron chi connectivity index (χ1n) is 4.05. The number of carbonyl (C=O) groups excluding carboxylic acids is 1. The van der Waals surface area contributed by atoms with Crippen LogP contribution < -0.4 is 0 Å². The van der Waals surface area contributed by atoms with Gasteiger partial charge in [0.15, 0.2) is 0 Å². The molecule has 1 heterocycles. The third kappa shape index (κ3) is 3.03. The summed E-state index contributed by atoms with van der Waals surface area (Å²) in [7, 11) is 3.48. The Balaban J connectivity index is 2.64. The van der Waals surface area contributed by atoms with E-state index in [1.807, 2.05) is 18.2 Å². The quantitative estimate of drug-likeness (QED) is 0.662. The summed E-state index contributed by atoms with van der Waals surface area (Å²) in [6.07, 6.45) is 3.44. The third-order valence-corrected chi connectivity index (χ3v) is 2.56. The number of nitrogens with zero attached hydrogens (tertiary/aromatic N) is 1. The Labute approximate surface area is 82.5 Å². The molecule has 3 heteroatoms. The van der Waals surface area contributed by atoms with E-state index in [1.54, 1.807) is 36.4 Å². The summed E-state index contributed by atoms with van der Waals surface area (Å²) in [6.45, 7) is 2.05. The van der Waals surface area contributed by atoms with Gasteiger partial charge in [0.2, 0.25) is 5.91 Å². The number of aryl methyl sites for hydroxylation is 1. The predicted molar refractivity (Wildman–Crippen MR) is 56.8 cm³/mol. The summed E-state index contributed by atoms with van der Waals surface area (Å²) >= 11 is 1.68. The Kier molecular flexibility index (Phi) is 3.25. The second-order valence-corrected chi connectivity index (χ2v) is 4.33. The van der Waals surface area contributed by atoms with Crippen LogP contribution in [-0.2, 0) is 4.79 Å². The van der Waals surface area contributed by atoms with Crippen molar-refractivity contribution in [2.45, 2.75) is 6.92 Å². The molecule has 0 aliphatic carbocycles. The first-order chi connectivity index (χ1) is 6.09. The second kappa shape index (κ2) is 4.23. The number of hydrogen-bond acceptors (Lipinski definition) is 2. The van der Waals surface area contributed by atoms with Crippen LogP contribution in [0.15, 0.2) is 18.2 Å². The van der Waals surface area contributed by atoms with Crippen LogP contribution in [0.1, 0.15) is 9.75 Å². The largest absolute Gasteiger partial charge is 0.345 e. The fraction of sp³-hybridized carbons (Fsp3) is 0.300. The molecule has 0 atom stereocenters. The molecule has 70 valence electrons. The Hall–Kier alpha value is -1.09. The topological polar surface area (TPSA) is 20.3 Å². The third-order valence-electron chi connectivity index (χ3n) is 1.59. The monoisotopic (exact) mass is 195 g/mol. The van der Waals surface area contributed by atoms with Crippen molar-refractivity contribution in [3.63, 3.8) is 0 Å². The summed E-state index contributed by atoms with van der Waals surface area (Å²) < 4.78 is 0. The van der Waals surface area contributed by atoms with Crippen molar-refractivity contribution in [1.29, 1.82) is 0 Å². The normalized spacial score (nSPS) is 10.7. The molecule has 0 saturated heterocycles. The van der Waals surface area contributed by atoms with Crippen molar-refractivity contribution < 1.29 is 4.79 Å². The predicted octanol–water partition coefficient (Wildman–Crippen LogP) is 2.16. The molecule has 1 rings (SSSR count). The molecule has 1 aromatic rings. The van der Waals surface area contributed by atoms with E-state index in [0.717, 1.165) is 4.88 Å². The van der Waals surface area contributed by atoms with Crippen LogP contribution in [0.5, 0.6) is 0 Å². The molecule has 0 N–H and O–H groups in total. The van der Waals surface area contributed by atoms with E-state index >= 15 is 0 Å². The van der Waals surface area contributed by atoms with Crippen molar-refractivity contribution in [3.05, 3.63) is 28.0 Å². The average molecular weight is 195 g/mol. The summed E-state index contributed by atoms with van der Waals surface area (Å²) in [6, 6.07) is 4.06. The summed E-state index contributed by atoms with van der Waals surface area (Å²) in [5.74, 6) is 0.0195. The van der Waals surface area contributed by atoms with Crippen LogP contribution in [0, 0.1) is 6.92 Å². The Morgan fingerprint density at radius 3 is 2.62 bits per heavy atom. The maximum atomic E-state index is 11.2. The Bertz CT molecular complexity index is 325. The van der Waals surface area contributed by atoms with Gasteiger partial charge in [-0.15, -0.1) is 11.3 Å². The van der Waals surface area contributed by atoms with Gasteiger partial charge in [0.25, 0.3) is 0 Å². The van der Waals surface area contributed by atoms with Crippen molar-refractivity contribution in [3.8, 4) is 0 Å². The molecule has 0 aromatic carbocycles. The van der Waals surface area contributed by atoms with Crippen molar-refractivity contribution in [1.82, 2.24) is 4.90 Å². The van der Waals surface area contributed by atoms with Crippen LogP contribution in [0.2, 0.25) is 0 Å². The van der Waals surface area contributed by atoms with Gasteiger partial charge in [-0.25, -0.2) is 0 Å². The average Bonchev–Trinajstić information content (AvgIpc) is 2.47. The SMILES string of the molecule is Cc1ccc(C=CC(=O)N(C)C)s1. The van der Waals surface area contributed by atoms with E-state index in [2.05, 4.69) is 6.92 Å². The Morgan fingerprint density at radius 1 is 1.46 bits per heavy atom. The summed E-state index contributed by atoms with van der Waals surface area (Å²) in [4.78, 5) is 15.1. The van der Waals surface area contributed by atoms with Gasteiger partial charge in [-0.1, -0.05) is 0 Å². The van der Waals surface area contributed by atoms with Crippen molar-refractivity contribution in [2.24, 2.45) is 0 Å². The van der Waals surface area contributed by atoms with Gasteiger partial charge < -0.3 is 4.90 Å². The van der Waals surface area contributed by atoms with Gasteiger partial charge in [-0.3, -0.25) is 4.79 Å². The molecular formula is C10H13NOS. The number of thiophene rings is 1. The lowest BCUT2D eigenvalue weighted by Gasteiger charge is -2.04. The van der Waals surface area contributed by atoms with Crippen LogP contribution in [0.25, 0.3) is 6.08 Å². The van der Waals surface area contributed by atoms with Crippen molar-refractivity contribution >= 4 is 23.3 Å². The van der Waals surface area contributed by atoms with Crippen LogP contribution in [0.4, 0.5) is 0 Å². The van der Waals surface area contributed by atoms with E-state index < -0.39 is 0 Å². The number of amides is 1. The molecular weight excluding hydrogens is 182 g/mol. The molecule has 0 spiro atoms. The lowest BCUT2D eigenvalue weighted by molar-refractivity contribution is -0.123. The van der Waals surface area contributed by atoms with E-state index in [0.29, 0.717) is 0 Å². The minimum atomic E-state index is 0.0195. The molecule has 0 bridgehead atoms. The van der Waals surface area contributed by atoms with Gasteiger partial charge in [0, 0.05) is 29.9 Å². The molecule has 2 nitrogen and oxygen atoms in total. The highest BCUT2D eigenvalue weighted by Gasteiger charge is 1.97. The van der Waals surface area contributed by atoms with Crippen LogP contribution >= 0.6 is 11.3 Å². The Morgan fingerprint density at radius 2 is 2.15 bits per heavy atom. The van der Waals surface area contributed by atoms with Crippen LogP contribution in [-0.4, -0.2) is 24.9 Å². The summed E-state index contributed by atoms with van der Waals surface area (Å²) in [5.41, 5.74) is 0. The number of rotatable bonds is 2. The first kappa shape index (κ1) is 9.99. The highest BCUT2D eigenvalue weighted by Crippen LogP contribution is 2.16. The number of hydrogen-bond donors (Lipinski definition) is 0. The molecule has 0 aliphatic rings. The first-order valence-corrected chi connectivity index (χ1v) is 4.87. The van der Waals surface area contributed by atoms with Crippen LogP contribution in [0.3, 0.4) is 0 Å². The minimum Gasteiger partial charge on any atom is -0.345 e. The van der Waals surface area contributed by atoms with Crippen molar-refractivity contribution in [2.75, 3.05) is 14.1 Å². The fourth-order valence-corrected chi connectivity index (χ4v) is 1.63. The molecule has 1 amide bonds. The number of carbonyl (C=O) groups is 1. The lowest BCUT2D eigenvalue weighted by atomic mass is 10.4. The molecule has 1 aromatic heterocycles. The van der Waals surface area contributed by atoms with E-state index in [1.165, 1.54) is 4.88 Å². The van der Waals surface area contributed by atoms with E-state index in [-0.39, 0.29) is 5.91 Å². The highest BCUT2D eigenvalue weighted by atomic mass is 32.1. The minimum absolute atomic E-state index is 0.0195. The zero-order chi connectivity index (χ0) is 9.84. The second-order valence-electron chi connectivity index (χ2n) is 3.01. The zero-order valence-electron chi connectivity index (χ0n) is 8.07. The maximum Gasteiger partial charge on any atom is 0.246 e. The van der Waals surface area contributed by atoms with Gasteiger partial charge in [-0.05, 0) is 25.1 Å². The molecule has 0 unspecified atom stereocenters. The summed E-state index contributed by atoms with van der Waals surface area (Å²) in [5, 5.41) is 0. The van der Waals surface area contributed by atoms with Gasteiger partial charge in [0.05, 0.1) is 0 Å².